The average molecular weight is 429 g/mol. The zero-order valence-electron chi connectivity index (χ0n) is 14.5. The first-order chi connectivity index (χ1) is 13.0. The Bertz CT molecular complexity index is 1130. The van der Waals surface area contributed by atoms with Crippen LogP contribution in [0.3, 0.4) is 0 Å². The summed E-state index contributed by atoms with van der Waals surface area (Å²) < 4.78 is 21.7. The van der Waals surface area contributed by atoms with Crippen molar-refractivity contribution in [3.63, 3.8) is 0 Å². The third kappa shape index (κ3) is 3.37. The number of fused-ring (bicyclic) bond motifs is 1. The van der Waals surface area contributed by atoms with Crippen LogP contribution in [0.15, 0.2) is 41.3 Å². The lowest BCUT2D eigenvalue weighted by Gasteiger charge is -2.09. The summed E-state index contributed by atoms with van der Waals surface area (Å²) in [6, 6.07) is 5.44. The molecule has 7 nitrogen and oxygen atoms in total. The van der Waals surface area contributed by atoms with Crippen LogP contribution in [-0.4, -0.2) is 36.6 Å². The Labute approximate surface area is 162 Å². The highest BCUT2D eigenvalue weighted by atomic mass is 79.9. The Morgan fingerprint density at radius 2 is 2.00 bits per heavy atom. The van der Waals surface area contributed by atoms with Gasteiger partial charge in [-0.25, -0.2) is 9.37 Å². The van der Waals surface area contributed by atoms with E-state index in [1.54, 1.807) is 12.4 Å². The number of hydrogen-bond acceptors (Lipinski definition) is 6. The second-order valence-corrected chi connectivity index (χ2v) is 6.76. The molecule has 0 saturated heterocycles. The van der Waals surface area contributed by atoms with E-state index in [9.17, 15) is 4.39 Å². The summed E-state index contributed by atoms with van der Waals surface area (Å²) in [6.07, 6.45) is 4.44. The molecule has 0 N–H and O–H groups in total. The van der Waals surface area contributed by atoms with E-state index in [2.05, 4.69) is 40.8 Å². The zero-order valence-corrected chi connectivity index (χ0v) is 16.1. The highest BCUT2D eigenvalue weighted by Crippen LogP contribution is 2.27. The Morgan fingerprint density at radius 1 is 1.15 bits per heavy atom. The summed E-state index contributed by atoms with van der Waals surface area (Å²) in [4.78, 5) is 21.7. The number of pyridine rings is 2. The summed E-state index contributed by atoms with van der Waals surface area (Å²) in [7, 11) is 1.51. The van der Waals surface area contributed by atoms with Crippen LogP contribution in [-0.2, 0) is 6.54 Å². The lowest BCUT2D eigenvalue weighted by molar-refractivity contribution is 0.380. The molecular weight excluding hydrogens is 415 g/mol. The van der Waals surface area contributed by atoms with Crippen LogP contribution in [0.1, 0.15) is 11.4 Å². The van der Waals surface area contributed by atoms with Crippen molar-refractivity contribution in [2.75, 3.05) is 7.11 Å². The number of hydrogen-bond donors (Lipinski definition) is 0. The number of nitrogens with zero attached hydrogens (tertiary/aromatic N) is 6. The molecule has 4 aromatic heterocycles. The molecule has 0 saturated carbocycles. The molecule has 4 heterocycles. The molecule has 0 aromatic carbocycles. The average Bonchev–Trinajstić information content (AvgIpc) is 3.02. The second kappa shape index (κ2) is 6.99. The number of aromatic nitrogens is 6. The van der Waals surface area contributed by atoms with E-state index in [1.165, 1.54) is 13.2 Å². The van der Waals surface area contributed by atoms with E-state index in [1.807, 2.05) is 23.6 Å². The minimum atomic E-state index is -0.437. The van der Waals surface area contributed by atoms with E-state index in [4.69, 9.17) is 4.74 Å². The van der Waals surface area contributed by atoms with Crippen molar-refractivity contribution in [2.24, 2.45) is 0 Å². The molecule has 4 rings (SSSR count). The maximum absolute atomic E-state index is 13.7. The van der Waals surface area contributed by atoms with Gasteiger partial charge in [-0.05, 0) is 41.1 Å². The summed E-state index contributed by atoms with van der Waals surface area (Å²) in [5, 5.41) is 0. The van der Waals surface area contributed by atoms with Crippen molar-refractivity contribution in [3.05, 3.63) is 58.5 Å². The van der Waals surface area contributed by atoms with Crippen molar-refractivity contribution in [2.45, 2.75) is 13.5 Å². The van der Waals surface area contributed by atoms with Gasteiger partial charge in [0.2, 0.25) is 0 Å². The fraction of sp³-hybridized carbons (Fsp3) is 0.167. The predicted octanol–water partition coefficient (Wildman–Crippen LogP) is 3.55. The van der Waals surface area contributed by atoms with Gasteiger partial charge in [0.1, 0.15) is 17.2 Å². The quantitative estimate of drug-likeness (QED) is 0.494. The molecule has 0 spiro atoms. The van der Waals surface area contributed by atoms with Crippen LogP contribution < -0.4 is 4.74 Å². The van der Waals surface area contributed by atoms with Gasteiger partial charge in [0.05, 0.1) is 31.2 Å². The van der Waals surface area contributed by atoms with Gasteiger partial charge in [-0.2, -0.15) is 9.97 Å². The molecule has 0 fully saturated rings. The predicted molar refractivity (Wildman–Crippen MR) is 101 cm³/mol. The molecule has 0 radical (unpaired) electrons. The van der Waals surface area contributed by atoms with E-state index in [0.29, 0.717) is 34.8 Å². The van der Waals surface area contributed by atoms with Gasteiger partial charge < -0.3 is 9.30 Å². The molecule has 0 aliphatic carbocycles. The summed E-state index contributed by atoms with van der Waals surface area (Å²) in [5.74, 6) is 0.0978. The monoisotopic (exact) mass is 428 g/mol. The number of halogens is 2. The molecule has 27 heavy (non-hydrogen) atoms. The van der Waals surface area contributed by atoms with Crippen molar-refractivity contribution < 1.29 is 9.13 Å². The van der Waals surface area contributed by atoms with E-state index in [0.717, 1.165) is 16.4 Å². The normalized spacial score (nSPS) is 11.1. The van der Waals surface area contributed by atoms with Crippen LogP contribution in [0.4, 0.5) is 4.39 Å². The van der Waals surface area contributed by atoms with Gasteiger partial charge >= 0.3 is 6.01 Å². The number of methoxy groups -OCH3 is 1. The minimum absolute atomic E-state index is 0.244. The fourth-order valence-electron chi connectivity index (χ4n) is 2.77. The van der Waals surface area contributed by atoms with E-state index in [-0.39, 0.29) is 6.01 Å². The molecule has 0 amide bonds. The first kappa shape index (κ1) is 17.5. The summed E-state index contributed by atoms with van der Waals surface area (Å²) >= 11 is 3.38. The van der Waals surface area contributed by atoms with Gasteiger partial charge in [0, 0.05) is 22.4 Å². The van der Waals surface area contributed by atoms with E-state index < -0.39 is 5.82 Å². The number of rotatable bonds is 4. The Kier molecular flexibility index (Phi) is 4.53. The largest absolute Gasteiger partial charge is 0.467 e. The molecule has 0 bridgehead atoms. The maximum atomic E-state index is 13.7. The molecule has 0 atom stereocenters. The first-order valence-electron chi connectivity index (χ1n) is 8.05. The van der Waals surface area contributed by atoms with Crippen LogP contribution >= 0.6 is 15.9 Å². The summed E-state index contributed by atoms with van der Waals surface area (Å²) in [6.45, 7) is 2.23. The van der Waals surface area contributed by atoms with Gasteiger partial charge in [0.25, 0.3) is 0 Å². The van der Waals surface area contributed by atoms with Gasteiger partial charge in [-0.3, -0.25) is 9.97 Å². The fourth-order valence-corrected chi connectivity index (χ4v) is 3.00. The molecule has 4 aromatic rings. The van der Waals surface area contributed by atoms with Crippen LogP contribution in [0.2, 0.25) is 0 Å². The Balaban J connectivity index is 1.95. The minimum Gasteiger partial charge on any atom is -0.467 e. The SMILES string of the molecule is COc1nc(C)c2nc(-c3cncc(F)c3)n(Cc3ccc(Br)cn3)c2n1. The molecule has 9 heteroatoms. The van der Waals surface area contributed by atoms with Gasteiger partial charge in [-0.1, -0.05) is 0 Å². The van der Waals surface area contributed by atoms with Crippen LogP contribution in [0.5, 0.6) is 6.01 Å². The smallest absolute Gasteiger partial charge is 0.318 e. The van der Waals surface area contributed by atoms with Gasteiger partial charge in [-0.15, -0.1) is 0 Å². The Hall–Kier alpha value is -2.94. The summed E-state index contributed by atoms with van der Waals surface area (Å²) in [5.41, 5.74) is 3.22. The topological polar surface area (TPSA) is 78.6 Å². The van der Waals surface area contributed by atoms with Crippen LogP contribution in [0, 0.1) is 12.7 Å². The molecular formula is C18H14BrFN6O. The third-order valence-corrected chi connectivity index (χ3v) is 4.47. The zero-order chi connectivity index (χ0) is 19.0. The van der Waals surface area contributed by atoms with Crippen molar-refractivity contribution in [1.29, 1.82) is 0 Å². The maximum Gasteiger partial charge on any atom is 0.318 e. The van der Waals surface area contributed by atoms with E-state index >= 15 is 0 Å². The molecule has 136 valence electrons. The molecule has 0 unspecified atom stereocenters. The Morgan fingerprint density at radius 3 is 2.70 bits per heavy atom. The highest BCUT2D eigenvalue weighted by Gasteiger charge is 2.19. The number of imidazole rings is 1. The van der Waals surface area contributed by atoms with Crippen LogP contribution in [0.25, 0.3) is 22.6 Å². The van der Waals surface area contributed by atoms with Gasteiger partial charge in [0.15, 0.2) is 5.65 Å². The number of aryl methyl sites for hydroxylation is 1. The van der Waals surface area contributed by atoms with Crippen molar-refractivity contribution in [1.82, 2.24) is 29.5 Å². The molecule has 0 aliphatic rings. The van der Waals surface area contributed by atoms with Crippen molar-refractivity contribution >= 4 is 27.1 Å². The van der Waals surface area contributed by atoms with Crippen molar-refractivity contribution in [3.8, 4) is 17.4 Å². The standard InChI is InChI=1S/C18H14BrFN6O/c1-10-15-17(25-18(23-10)27-2)26(9-14-4-3-12(19)7-22-14)16(24-15)11-5-13(20)8-21-6-11/h3-8H,9H2,1-2H3. The third-order valence-electron chi connectivity index (χ3n) is 4.00. The molecule has 0 aliphatic heterocycles. The second-order valence-electron chi connectivity index (χ2n) is 5.85. The lowest BCUT2D eigenvalue weighted by Crippen LogP contribution is -2.06. The highest BCUT2D eigenvalue weighted by molar-refractivity contribution is 9.10. The lowest BCUT2D eigenvalue weighted by atomic mass is 10.2. The number of ether oxygens (including phenoxy) is 1. The first-order valence-corrected chi connectivity index (χ1v) is 8.84.